The first-order valence-corrected chi connectivity index (χ1v) is 4.81. The van der Waals surface area contributed by atoms with Crippen molar-refractivity contribution in [2.45, 2.75) is 0 Å². The fourth-order valence-corrected chi connectivity index (χ4v) is 1.45. The van der Waals surface area contributed by atoms with Crippen molar-refractivity contribution in [3.05, 3.63) is 41.7 Å². The molecule has 0 saturated heterocycles. The molecule has 2 rings (SSSR count). The van der Waals surface area contributed by atoms with Crippen LogP contribution in [0.3, 0.4) is 0 Å². The predicted octanol–water partition coefficient (Wildman–Crippen LogP) is 0.866. The SMILES string of the molecule is COC(=O)c1ccccc1-n1nncc1C=O. The summed E-state index contributed by atoms with van der Waals surface area (Å²) < 4.78 is 5.95. The first-order valence-electron chi connectivity index (χ1n) is 4.81. The quantitative estimate of drug-likeness (QED) is 0.578. The van der Waals surface area contributed by atoms with Crippen molar-refractivity contribution in [3.63, 3.8) is 0 Å². The van der Waals surface area contributed by atoms with Crippen LogP contribution in [0.25, 0.3) is 5.69 Å². The molecule has 0 spiro atoms. The van der Waals surface area contributed by atoms with Gasteiger partial charge in [-0.05, 0) is 12.1 Å². The van der Waals surface area contributed by atoms with Gasteiger partial charge in [0.15, 0.2) is 6.29 Å². The molecule has 0 amide bonds. The van der Waals surface area contributed by atoms with E-state index in [1.807, 2.05) is 0 Å². The molecule has 0 N–H and O–H groups in total. The van der Waals surface area contributed by atoms with Crippen LogP contribution in [0.2, 0.25) is 0 Å². The number of carbonyl (C=O) groups is 2. The fraction of sp³-hybridized carbons (Fsp3) is 0.0909. The Labute approximate surface area is 96.8 Å². The maximum Gasteiger partial charge on any atom is 0.340 e. The van der Waals surface area contributed by atoms with Crippen LogP contribution in [0.5, 0.6) is 0 Å². The van der Waals surface area contributed by atoms with Gasteiger partial charge in [-0.25, -0.2) is 9.48 Å². The van der Waals surface area contributed by atoms with Gasteiger partial charge in [0, 0.05) is 0 Å². The Balaban J connectivity index is 2.59. The van der Waals surface area contributed by atoms with Crippen molar-refractivity contribution >= 4 is 12.3 Å². The molecular formula is C11H9N3O3. The van der Waals surface area contributed by atoms with Gasteiger partial charge < -0.3 is 4.74 Å². The lowest BCUT2D eigenvalue weighted by Gasteiger charge is -2.07. The number of ether oxygens (including phenoxy) is 1. The molecule has 17 heavy (non-hydrogen) atoms. The molecule has 1 aromatic heterocycles. The molecule has 1 aromatic carbocycles. The number of aromatic nitrogens is 3. The van der Waals surface area contributed by atoms with Crippen LogP contribution in [-0.2, 0) is 4.74 Å². The molecule has 0 atom stereocenters. The largest absolute Gasteiger partial charge is 0.465 e. The van der Waals surface area contributed by atoms with Crippen molar-refractivity contribution in [3.8, 4) is 5.69 Å². The van der Waals surface area contributed by atoms with E-state index < -0.39 is 5.97 Å². The van der Waals surface area contributed by atoms with Crippen molar-refractivity contribution in [2.75, 3.05) is 7.11 Å². The lowest BCUT2D eigenvalue weighted by atomic mass is 10.2. The summed E-state index contributed by atoms with van der Waals surface area (Å²) in [5, 5.41) is 7.39. The maximum atomic E-state index is 11.6. The zero-order chi connectivity index (χ0) is 12.3. The summed E-state index contributed by atoms with van der Waals surface area (Å²) in [7, 11) is 1.29. The maximum absolute atomic E-state index is 11.6. The molecule has 2 aromatic rings. The summed E-state index contributed by atoms with van der Waals surface area (Å²) >= 11 is 0. The van der Waals surface area contributed by atoms with Crippen LogP contribution in [-0.4, -0.2) is 34.4 Å². The molecular weight excluding hydrogens is 222 g/mol. The van der Waals surface area contributed by atoms with Gasteiger partial charge in [0.05, 0.1) is 24.6 Å². The number of carbonyl (C=O) groups excluding carboxylic acids is 2. The Morgan fingerprint density at radius 2 is 2.18 bits per heavy atom. The topological polar surface area (TPSA) is 74.1 Å². The highest BCUT2D eigenvalue weighted by Gasteiger charge is 2.15. The first kappa shape index (κ1) is 11.0. The van der Waals surface area contributed by atoms with Gasteiger partial charge in [0.2, 0.25) is 0 Å². The van der Waals surface area contributed by atoms with Gasteiger partial charge in [-0.2, -0.15) is 0 Å². The third kappa shape index (κ3) is 1.92. The van der Waals surface area contributed by atoms with Crippen molar-refractivity contribution in [1.82, 2.24) is 15.0 Å². The summed E-state index contributed by atoms with van der Waals surface area (Å²) in [4.78, 5) is 22.4. The van der Waals surface area contributed by atoms with E-state index in [2.05, 4.69) is 15.0 Å². The van der Waals surface area contributed by atoms with Gasteiger partial charge in [-0.3, -0.25) is 4.79 Å². The highest BCUT2D eigenvalue weighted by molar-refractivity contribution is 5.93. The van der Waals surface area contributed by atoms with Crippen LogP contribution in [0.15, 0.2) is 30.5 Å². The van der Waals surface area contributed by atoms with Crippen molar-refractivity contribution in [1.29, 1.82) is 0 Å². The Morgan fingerprint density at radius 3 is 2.88 bits per heavy atom. The summed E-state index contributed by atoms with van der Waals surface area (Å²) in [6.07, 6.45) is 1.94. The van der Waals surface area contributed by atoms with Crippen molar-refractivity contribution in [2.24, 2.45) is 0 Å². The average molecular weight is 231 g/mol. The molecule has 0 fully saturated rings. The van der Waals surface area contributed by atoms with E-state index in [1.165, 1.54) is 18.0 Å². The van der Waals surface area contributed by atoms with Crippen LogP contribution >= 0.6 is 0 Å². The molecule has 0 aliphatic rings. The molecule has 0 aliphatic heterocycles. The van der Waals surface area contributed by atoms with E-state index in [0.29, 0.717) is 17.5 Å². The number of hydrogen-bond acceptors (Lipinski definition) is 5. The third-order valence-electron chi connectivity index (χ3n) is 2.23. The van der Waals surface area contributed by atoms with Crippen LogP contribution < -0.4 is 0 Å². The van der Waals surface area contributed by atoms with E-state index in [4.69, 9.17) is 0 Å². The second-order valence-electron chi connectivity index (χ2n) is 3.20. The standard InChI is InChI=1S/C11H9N3O3/c1-17-11(16)9-4-2-3-5-10(9)14-8(7-15)6-12-13-14/h2-7H,1H3. The summed E-state index contributed by atoms with van der Waals surface area (Å²) in [5.41, 5.74) is 1.05. The minimum atomic E-state index is -0.493. The predicted molar refractivity (Wildman–Crippen MR) is 58.1 cm³/mol. The minimum Gasteiger partial charge on any atom is -0.465 e. The number of benzene rings is 1. The molecule has 0 saturated carbocycles. The Kier molecular flexibility index (Phi) is 2.95. The number of aldehydes is 1. The fourth-order valence-electron chi connectivity index (χ4n) is 1.45. The zero-order valence-corrected chi connectivity index (χ0v) is 9.03. The smallest absolute Gasteiger partial charge is 0.340 e. The molecule has 6 heteroatoms. The summed E-state index contributed by atoms with van der Waals surface area (Å²) in [6, 6.07) is 6.69. The van der Waals surface area contributed by atoms with E-state index in [0.717, 1.165) is 0 Å². The van der Waals surface area contributed by atoms with Gasteiger partial charge in [0.25, 0.3) is 0 Å². The van der Waals surface area contributed by atoms with E-state index >= 15 is 0 Å². The molecule has 0 bridgehead atoms. The van der Waals surface area contributed by atoms with Crippen LogP contribution in [0.1, 0.15) is 20.8 Å². The van der Waals surface area contributed by atoms with E-state index in [-0.39, 0.29) is 5.69 Å². The number of para-hydroxylation sites is 1. The van der Waals surface area contributed by atoms with Gasteiger partial charge >= 0.3 is 5.97 Å². The van der Waals surface area contributed by atoms with Crippen molar-refractivity contribution < 1.29 is 14.3 Å². The lowest BCUT2D eigenvalue weighted by Crippen LogP contribution is -2.10. The Bertz CT molecular complexity index is 563. The summed E-state index contributed by atoms with van der Waals surface area (Å²) in [6.45, 7) is 0. The lowest BCUT2D eigenvalue weighted by molar-refractivity contribution is 0.0600. The molecule has 0 radical (unpaired) electrons. The monoisotopic (exact) mass is 231 g/mol. The molecule has 6 nitrogen and oxygen atoms in total. The molecule has 0 aliphatic carbocycles. The Hall–Kier alpha value is -2.50. The number of hydrogen-bond donors (Lipinski definition) is 0. The Morgan fingerprint density at radius 1 is 1.41 bits per heavy atom. The van der Waals surface area contributed by atoms with Crippen LogP contribution in [0, 0.1) is 0 Å². The minimum absolute atomic E-state index is 0.265. The van der Waals surface area contributed by atoms with E-state index in [1.54, 1.807) is 24.3 Å². The highest BCUT2D eigenvalue weighted by Crippen LogP contribution is 2.15. The molecule has 86 valence electrons. The average Bonchev–Trinajstić information content (AvgIpc) is 2.86. The van der Waals surface area contributed by atoms with Gasteiger partial charge in [-0.1, -0.05) is 17.3 Å². The van der Waals surface area contributed by atoms with Gasteiger partial charge in [0.1, 0.15) is 5.69 Å². The number of esters is 1. The summed E-state index contributed by atoms with van der Waals surface area (Å²) in [5.74, 6) is -0.493. The molecule has 1 heterocycles. The number of rotatable bonds is 3. The second kappa shape index (κ2) is 4.56. The molecule has 0 unspecified atom stereocenters. The highest BCUT2D eigenvalue weighted by atomic mass is 16.5. The number of nitrogens with zero attached hydrogens (tertiary/aromatic N) is 3. The number of methoxy groups -OCH3 is 1. The van der Waals surface area contributed by atoms with E-state index in [9.17, 15) is 9.59 Å². The van der Waals surface area contributed by atoms with Gasteiger partial charge in [-0.15, -0.1) is 5.10 Å². The second-order valence-corrected chi connectivity index (χ2v) is 3.20. The zero-order valence-electron chi connectivity index (χ0n) is 9.03. The van der Waals surface area contributed by atoms with Crippen LogP contribution in [0.4, 0.5) is 0 Å². The third-order valence-corrected chi connectivity index (χ3v) is 2.23. The first-order chi connectivity index (χ1) is 8.27. The normalized spacial score (nSPS) is 9.94.